The number of rotatable bonds is 5. The molecule has 8 heteroatoms. The van der Waals surface area contributed by atoms with Gasteiger partial charge in [-0.25, -0.2) is 0 Å². The van der Waals surface area contributed by atoms with Crippen molar-refractivity contribution in [2.45, 2.75) is 6.42 Å². The molecule has 14 heavy (non-hydrogen) atoms. The van der Waals surface area contributed by atoms with E-state index in [9.17, 15) is 9.59 Å². The Morgan fingerprint density at radius 3 is 1.29 bits per heavy atom. The molecule has 0 aliphatic carbocycles. The summed E-state index contributed by atoms with van der Waals surface area (Å²) >= 11 is 0. The van der Waals surface area contributed by atoms with Gasteiger partial charge >= 0.3 is 21.5 Å². The summed E-state index contributed by atoms with van der Waals surface area (Å²) in [5.41, 5.74) is 0. The third-order valence-corrected chi connectivity index (χ3v) is 2.03. The molecule has 0 saturated heterocycles. The Labute approximate surface area is 83.2 Å². The molecule has 84 valence electrons. The molecular formula is C6H14O7Si. The van der Waals surface area contributed by atoms with Crippen LogP contribution in [0.15, 0.2) is 0 Å². The second kappa shape index (κ2) is 10.1. The van der Waals surface area contributed by atoms with E-state index in [4.69, 9.17) is 23.5 Å². The molecular weight excluding hydrogens is 212 g/mol. The van der Waals surface area contributed by atoms with Crippen LogP contribution in [0.3, 0.4) is 0 Å². The van der Waals surface area contributed by atoms with E-state index in [0.29, 0.717) is 0 Å². The fourth-order valence-electron chi connectivity index (χ4n) is 0.418. The molecule has 0 aromatic rings. The Balaban J connectivity index is 0. The quantitative estimate of drug-likeness (QED) is 0.466. The van der Waals surface area contributed by atoms with Crippen LogP contribution in [0.1, 0.15) is 6.42 Å². The first kappa shape index (κ1) is 15.5. The molecule has 0 rings (SSSR count). The van der Waals surface area contributed by atoms with Gasteiger partial charge in [-0.15, -0.1) is 0 Å². The molecule has 0 amide bonds. The van der Waals surface area contributed by atoms with Crippen LogP contribution in [-0.2, 0) is 22.9 Å². The van der Waals surface area contributed by atoms with Crippen LogP contribution in [0.5, 0.6) is 0 Å². The smallest absolute Gasteiger partial charge is 0.481 e. The van der Waals surface area contributed by atoms with Crippen molar-refractivity contribution in [2.75, 3.05) is 21.3 Å². The summed E-state index contributed by atoms with van der Waals surface area (Å²) in [6.07, 6.45) is -0.806. The summed E-state index contributed by atoms with van der Waals surface area (Å²) in [4.78, 5) is 18.9. The second-order valence-electron chi connectivity index (χ2n) is 1.96. The Bertz CT molecular complexity index is 150. The van der Waals surface area contributed by atoms with Crippen molar-refractivity contribution in [2.24, 2.45) is 0 Å². The Hall–Kier alpha value is -0.963. The van der Waals surface area contributed by atoms with Crippen molar-refractivity contribution < 1.29 is 33.1 Å². The van der Waals surface area contributed by atoms with Gasteiger partial charge in [-0.1, -0.05) is 0 Å². The normalized spacial score (nSPS) is 9.14. The molecule has 0 aliphatic rings. The molecule has 0 fully saturated rings. The lowest BCUT2D eigenvalue weighted by molar-refractivity contribution is -0.147. The summed E-state index contributed by atoms with van der Waals surface area (Å²) in [6.45, 7) is 0. The largest absolute Gasteiger partial charge is 0.483 e. The van der Waals surface area contributed by atoms with E-state index in [1.165, 1.54) is 0 Å². The summed E-state index contributed by atoms with van der Waals surface area (Å²) < 4.78 is 14.2. The van der Waals surface area contributed by atoms with Crippen LogP contribution in [0.25, 0.3) is 0 Å². The Morgan fingerprint density at radius 2 is 1.29 bits per heavy atom. The van der Waals surface area contributed by atoms with Crippen molar-refractivity contribution in [3.8, 4) is 0 Å². The highest BCUT2D eigenvalue weighted by molar-refractivity contribution is 6.36. The molecule has 0 saturated carbocycles. The van der Waals surface area contributed by atoms with E-state index in [1.807, 2.05) is 0 Å². The highest BCUT2D eigenvalue weighted by Gasteiger charge is 2.05. The van der Waals surface area contributed by atoms with E-state index < -0.39 is 27.9 Å². The molecule has 0 atom stereocenters. The molecule has 0 heterocycles. The number of hydrogen-bond donors (Lipinski definition) is 2. The maximum atomic E-state index is 9.43. The predicted molar refractivity (Wildman–Crippen MR) is 48.1 cm³/mol. The summed E-state index contributed by atoms with van der Waals surface area (Å²) in [6, 6.07) is 0. The molecule has 0 aromatic heterocycles. The zero-order chi connectivity index (χ0) is 11.6. The zero-order valence-corrected chi connectivity index (χ0v) is 9.37. The molecule has 7 nitrogen and oxygen atoms in total. The van der Waals surface area contributed by atoms with Crippen LogP contribution in [-0.4, -0.2) is 53.0 Å². The maximum Gasteiger partial charge on any atom is 0.483 e. The van der Waals surface area contributed by atoms with Crippen LogP contribution in [0.4, 0.5) is 0 Å². The number of carboxylic acids is 2. The van der Waals surface area contributed by atoms with Gasteiger partial charge in [0.05, 0.1) is 0 Å². The van der Waals surface area contributed by atoms with Gasteiger partial charge in [0.1, 0.15) is 6.42 Å². The molecule has 0 aromatic carbocycles. The summed E-state index contributed by atoms with van der Waals surface area (Å²) in [7, 11) is 3.05. The molecule has 0 aliphatic heterocycles. The van der Waals surface area contributed by atoms with Crippen LogP contribution < -0.4 is 0 Å². The summed E-state index contributed by atoms with van der Waals surface area (Å²) in [5, 5.41) is 15.4. The first-order valence-electron chi connectivity index (χ1n) is 3.49. The molecule has 0 radical (unpaired) electrons. The van der Waals surface area contributed by atoms with Crippen molar-refractivity contribution in [1.82, 2.24) is 0 Å². The SMILES string of the molecule is CO[SiH](OC)OC.O=C(O)CC(=O)O. The van der Waals surface area contributed by atoms with Gasteiger partial charge < -0.3 is 23.5 Å². The number of hydrogen-bond acceptors (Lipinski definition) is 5. The van der Waals surface area contributed by atoms with Gasteiger partial charge in [0.25, 0.3) is 0 Å². The lowest BCUT2D eigenvalue weighted by Crippen LogP contribution is -2.21. The van der Waals surface area contributed by atoms with Gasteiger partial charge in [-0.2, -0.15) is 0 Å². The molecule has 0 bridgehead atoms. The fourth-order valence-corrected chi connectivity index (χ4v) is 0.995. The minimum Gasteiger partial charge on any atom is -0.481 e. The van der Waals surface area contributed by atoms with Crippen LogP contribution in [0.2, 0.25) is 0 Å². The number of aliphatic carboxylic acids is 2. The van der Waals surface area contributed by atoms with Crippen molar-refractivity contribution in [3.05, 3.63) is 0 Å². The fraction of sp³-hybridized carbons (Fsp3) is 0.667. The molecule has 0 spiro atoms. The van der Waals surface area contributed by atoms with Crippen molar-refractivity contribution in [1.29, 1.82) is 0 Å². The van der Waals surface area contributed by atoms with E-state index in [0.717, 1.165) is 0 Å². The van der Waals surface area contributed by atoms with E-state index in [-0.39, 0.29) is 0 Å². The minimum atomic E-state index is -1.67. The molecule has 0 unspecified atom stereocenters. The third kappa shape index (κ3) is 13.6. The topological polar surface area (TPSA) is 102 Å². The van der Waals surface area contributed by atoms with Crippen molar-refractivity contribution in [3.63, 3.8) is 0 Å². The van der Waals surface area contributed by atoms with E-state index in [1.54, 1.807) is 21.3 Å². The van der Waals surface area contributed by atoms with Crippen LogP contribution in [0, 0.1) is 0 Å². The monoisotopic (exact) mass is 226 g/mol. The standard InChI is InChI=1S/C3H4O4.C3H10O3Si/c4-2(5)1-3(6)7;1-4-7(5-2)6-3/h1H2,(H,4,5)(H,6,7);7H,1-3H3. The third-order valence-electron chi connectivity index (χ3n) is 0.880. The van der Waals surface area contributed by atoms with E-state index >= 15 is 0 Å². The highest BCUT2D eigenvalue weighted by Crippen LogP contribution is 1.81. The Kier molecular flexibility index (Phi) is 11.2. The van der Waals surface area contributed by atoms with Gasteiger partial charge in [-0.3, -0.25) is 9.59 Å². The highest BCUT2D eigenvalue weighted by atomic mass is 28.3. The lowest BCUT2D eigenvalue weighted by Gasteiger charge is -2.05. The average molecular weight is 226 g/mol. The predicted octanol–water partition coefficient (Wildman–Crippen LogP) is -0.811. The number of carboxylic acid groups (broad SMARTS) is 2. The Morgan fingerprint density at radius 1 is 1.00 bits per heavy atom. The average Bonchev–Trinajstić information content (AvgIpc) is 2.06. The molecule has 2 N–H and O–H groups in total. The second-order valence-corrected chi connectivity index (χ2v) is 3.95. The first-order chi connectivity index (χ1) is 6.47. The first-order valence-corrected chi connectivity index (χ1v) is 4.91. The van der Waals surface area contributed by atoms with Crippen LogP contribution >= 0.6 is 0 Å². The number of carbonyl (C=O) groups is 2. The van der Waals surface area contributed by atoms with Gasteiger partial charge in [-0.05, 0) is 0 Å². The van der Waals surface area contributed by atoms with Crippen molar-refractivity contribution >= 4 is 21.5 Å². The van der Waals surface area contributed by atoms with E-state index in [2.05, 4.69) is 0 Å². The minimum absolute atomic E-state index is 0.806. The zero-order valence-electron chi connectivity index (χ0n) is 8.22. The van der Waals surface area contributed by atoms with Gasteiger partial charge in [0.15, 0.2) is 0 Å². The maximum absolute atomic E-state index is 9.43. The summed E-state index contributed by atoms with van der Waals surface area (Å²) in [5.74, 6) is -2.62. The van der Waals surface area contributed by atoms with Gasteiger partial charge in [0, 0.05) is 21.3 Å². The van der Waals surface area contributed by atoms with Gasteiger partial charge in [0.2, 0.25) is 0 Å². The lowest BCUT2D eigenvalue weighted by atomic mass is 10.5.